The highest BCUT2D eigenvalue weighted by atomic mass is 16.5. The van der Waals surface area contributed by atoms with E-state index in [1.807, 2.05) is 18.2 Å². The highest BCUT2D eigenvalue weighted by molar-refractivity contribution is 5.75. The molecule has 1 aromatic carbocycles. The van der Waals surface area contributed by atoms with E-state index in [0.29, 0.717) is 17.5 Å². The minimum absolute atomic E-state index is 0.155. The molecule has 0 saturated carbocycles. The van der Waals surface area contributed by atoms with Gasteiger partial charge in [-0.2, -0.15) is 0 Å². The number of hydrogen-bond donors (Lipinski definition) is 2. The van der Waals surface area contributed by atoms with Gasteiger partial charge in [-0.05, 0) is 17.7 Å². The molecule has 100 valence electrons. The number of hydrogen-bond acceptors (Lipinski definition) is 4. The lowest BCUT2D eigenvalue weighted by Crippen LogP contribution is -2.22. The minimum Gasteiger partial charge on any atom is -0.493 e. The van der Waals surface area contributed by atoms with Crippen LogP contribution in [0.5, 0.6) is 11.5 Å². The van der Waals surface area contributed by atoms with E-state index in [0.717, 1.165) is 12.1 Å². The van der Waals surface area contributed by atoms with Gasteiger partial charge in [0.15, 0.2) is 18.1 Å². The maximum atomic E-state index is 10.7. The maximum absolute atomic E-state index is 10.7. The fourth-order valence-corrected chi connectivity index (χ4v) is 1.41. The Kier molecular flexibility index (Phi) is 5.45. The van der Waals surface area contributed by atoms with Crippen molar-refractivity contribution in [3.8, 4) is 11.5 Å². The molecule has 0 heterocycles. The zero-order chi connectivity index (χ0) is 13.5. The second kappa shape index (κ2) is 6.86. The van der Waals surface area contributed by atoms with E-state index < -0.39 is 5.91 Å². The Morgan fingerprint density at radius 2 is 2.11 bits per heavy atom. The average Bonchev–Trinajstić information content (AvgIpc) is 2.33. The van der Waals surface area contributed by atoms with Crippen molar-refractivity contribution in [2.45, 2.75) is 26.4 Å². The molecule has 0 spiro atoms. The minimum atomic E-state index is -0.511. The summed E-state index contributed by atoms with van der Waals surface area (Å²) in [6.45, 7) is 4.73. The fourth-order valence-electron chi connectivity index (χ4n) is 1.41. The average molecular weight is 252 g/mol. The van der Waals surface area contributed by atoms with Crippen molar-refractivity contribution in [1.82, 2.24) is 5.32 Å². The molecule has 1 amide bonds. The van der Waals surface area contributed by atoms with Gasteiger partial charge in [-0.3, -0.25) is 4.79 Å². The van der Waals surface area contributed by atoms with Gasteiger partial charge in [-0.25, -0.2) is 0 Å². The Bertz CT molecular complexity index is 405. The molecular weight excluding hydrogens is 232 g/mol. The molecule has 5 nitrogen and oxygen atoms in total. The number of nitrogens with one attached hydrogen (secondary N) is 1. The number of ether oxygens (including phenoxy) is 2. The Hall–Kier alpha value is -1.75. The third kappa shape index (κ3) is 4.63. The SMILES string of the molecule is COc1ccc(CNC(C)C)cc1OCC(N)=O. The molecule has 0 saturated heterocycles. The number of carbonyl (C=O) groups excluding carboxylic acids is 1. The van der Waals surface area contributed by atoms with E-state index in [1.165, 1.54) is 0 Å². The molecule has 1 aromatic rings. The number of nitrogens with two attached hydrogens (primary N) is 1. The first-order valence-electron chi connectivity index (χ1n) is 5.84. The summed E-state index contributed by atoms with van der Waals surface area (Å²) in [7, 11) is 1.55. The third-order valence-electron chi connectivity index (χ3n) is 2.31. The fraction of sp³-hybridized carbons (Fsp3) is 0.462. The predicted molar refractivity (Wildman–Crippen MR) is 69.7 cm³/mol. The van der Waals surface area contributed by atoms with Crippen LogP contribution in [-0.2, 0) is 11.3 Å². The number of primary amides is 1. The summed E-state index contributed by atoms with van der Waals surface area (Å²) in [6, 6.07) is 6.01. The lowest BCUT2D eigenvalue weighted by Gasteiger charge is -2.13. The lowest BCUT2D eigenvalue weighted by atomic mass is 10.2. The Balaban J connectivity index is 2.77. The van der Waals surface area contributed by atoms with Gasteiger partial charge in [0.05, 0.1) is 7.11 Å². The summed E-state index contributed by atoms with van der Waals surface area (Å²) in [4.78, 5) is 10.7. The molecule has 3 N–H and O–H groups in total. The normalized spacial score (nSPS) is 10.4. The van der Waals surface area contributed by atoms with Gasteiger partial charge in [-0.15, -0.1) is 0 Å². The van der Waals surface area contributed by atoms with E-state index in [4.69, 9.17) is 15.2 Å². The monoisotopic (exact) mass is 252 g/mol. The smallest absolute Gasteiger partial charge is 0.255 e. The molecule has 0 aliphatic heterocycles. The van der Waals surface area contributed by atoms with Gasteiger partial charge in [0.2, 0.25) is 0 Å². The Labute approximate surface area is 107 Å². The van der Waals surface area contributed by atoms with Crippen LogP contribution in [0.15, 0.2) is 18.2 Å². The molecular formula is C13H20N2O3. The molecule has 0 aliphatic carbocycles. The summed E-state index contributed by atoms with van der Waals surface area (Å²) in [5, 5.41) is 3.30. The molecule has 0 fully saturated rings. The number of methoxy groups -OCH3 is 1. The van der Waals surface area contributed by atoms with Crippen LogP contribution in [0.25, 0.3) is 0 Å². The van der Waals surface area contributed by atoms with E-state index >= 15 is 0 Å². The molecule has 0 radical (unpaired) electrons. The standard InChI is InChI=1S/C13H20N2O3/c1-9(2)15-7-10-4-5-11(17-3)12(6-10)18-8-13(14)16/h4-6,9,15H,7-8H2,1-3H3,(H2,14,16). The van der Waals surface area contributed by atoms with Crippen LogP contribution in [0.1, 0.15) is 19.4 Å². The van der Waals surface area contributed by atoms with Crippen LogP contribution in [0.2, 0.25) is 0 Å². The first-order chi connectivity index (χ1) is 8.52. The van der Waals surface area contributed by atoms with Gasteiger partial charge in [0.25, 0.3) is 5.91 Å². The Morgan fingerprint density at radius 1 is 1.39 bits per heavy atom. The van der Waals surface area contributed by atoms with Gasteiger partial charge in [-0.1, -0.05) is 19.9 Å². The van der Waals surface area contributed by atoms with Gasteiger partial charge in [0.1, 0.15) is 0 Å². The Morgan fingerprint density at radius 3 is 2.67 bits per heavy atom. The first kappa shape index (κ1) is 14.3. The van der Waals surface area contributed by atoms with Crippen molar-refractivity contribution in [1.29, 1.82) is 0 Å². The van der Waals surface area contributed by atoms with E-state index in [2.05, 4.69) is 19.2 Å². The van der Waals surface area contributed by atoms with Crippen molar-refractivity contribution in [3.05, 3.63) is 23.8 Å². The molecule has 0 atom stereocenters. The predicted octanol–water partition coefficient (Wildman–Crippen LogP) is 1.06. The summed E-state index contributed by atoms with van der Waals surface area (Å²) in [5.74, 6) is 0.603. The number of benzene rings is 1. The van der Waals surface area contributed by atoms with Crippen LogP contribution >= 0.6 is 0 Å². The summed E-state index contributed by atoms with van der Waals surface area (Å²) >= 11 is 0. The molecule has 0 unspecified atom stereocenters. The molecule has 1 rings (SSSR count). The van der Waals surface area contributed by atoms with Crippen molar-refractivity contribution in [3.63, 3.8) is 0 Å². The quantitative estimate of drug-likeness (QED) is 0.761. The topological polar surface area (TPSA) is 73.6 Å². The number of amides is 1. The maximum Gasteiger partial charge on any atom is 0.255 e. The van der Waals surface area contributed by atoms with Crippen LogP contribution in [0, 0.1) is 0 Å². The highest BCUT2D eigenvalue weighted by Gasteiger charge is 2.07. The lowest BCUT2D eigenvalue weighted by molar-refractivity contribution is -0.119. The summed E-state index contributed by atoms with van der Waals surface area (Å²) < 4.78 is 10.5. The zero-order valence-electron chi connectivity index (χ0n) is 11.0. The van der Waals surface area contributed by atoms with Crippen molar-refractivity contribution >= 4 is 5.91 Å². The summed E-state index contributed by atoms with van der Waals surface area (Å²) in [6.07, 6.45) is 0. The molecule has 0 aromatic heterocycles. The van der Waals surface area contributed by atoms with Crippen molar-refractivity contribution in [2.24, 2.45) is 5.73 Å². The van der Waals surface area contributed by atoms with E-state index in [1.54, 1.807) is 7.11 Å². The summed E-state index contributed by atoms with van der Waals surface area (Å²) in [5.41, 5.74) is 6.11. The van der Waals surface area contributed by atoms with Crippen LogP contribution in [0.4, 0.5) is 0 Å². The van der Waals surface area contributed by atoms with Gasteiger partial charge < -0.3 is 20.5 Å². The van der Waals surface area contributed by atoms with Crippen molar-refractivity contribution < 1.29 is 14.3 Å². The van der Waals surface area contributed by atoms with Gasteiger partial charge >= 0.3 is 0 Å². The molecule has 0 bridgehead atoms. The van der Waals surface area contributed by atoms with Crippen LogP contribution < -0.4 is 20.5 Å². The largest absolute Gasteiger partial charge is 0.493 e. The first-order valence-corrected chi connectivity index (χ1v) is 5.84. The molecule has 0 aliphatic rings. The molecule has 5 heteroatoms. The second-order valence-corrected chi connectivity index (χ2v) is 4.28. The zero-order valence-corrected chi connectivity index (χ0v) is 11.0. The second-order valence-electron chi connectivity index (χ2n) is 4.28. The molecule has 18 heavy (non-hydrogen) atoms. The van der Waals surface area contributed by atoms with Crippen LogP contribution in [0.3, 0.4) is 0 Å². The third-order valence-corrected chi connectivity index (χ3v) is 2.31. The van der Waals surface area contributed by atoms with E-state index in [-0.39, 0.29) is 6.61 Å². The van der Waals surface area contributed by atoms with Crippen molar-refractivity contribution in [2.75, 3.05) is 13.7 Å². The van der Waals surface area contributed by atoms with Crippen LogP contribution in [-0.4, -0.2) is 25.7 Å². The number of rotatable bonds is 7. The van der Waals surface area contributed by atoms with E-state index in [9.17, 15) is 4.79 Å². The number of carbonyl (C=O) groups is 1. The van der Waals surface area contributed by atoms with Gasteiger partial charge in [0, 0.05) is 12.6 Å². The highest BCUT2D eigenvalue weighted by Crippen LogP contribution is 2.27.